The summed E-state index contributed by atoms with van der Waals surface area (Å²) >= 11 is 0. The molecule has 1 heterocycles. The standard InChI is InChI=1S/C15H25N3O7/c1-7(2)13(20)24-11-9(6-19)23-15(22-5)10(17-18-16)12(11)25-14(21)8(3)4/h7-12,15,19H,6H2,1-5H3/t9-,10-,11+,12-,15-/m1/s1. The molecule has 1 aliphatic rings. The number of ether oxygens (including phenoxy) is 4. The van der Waals surface area contributed by atoms with E-state index < -0.39 is 61.0 Å². The largest absolute Gasteiger partial charge is 0.457 e. The highest BCUT2D eigenvalue weighted by molar-refractivity contribution is 5.73. The van der Waals surface area contributed by atoms with E-state index in [0.717, 1.165) is 0 Å². The maximum atomic E-state index is 12.1. The first-order valence-electron chi connectivity index (χ1n) is 8.01. The van der Waals surface area contributed by atoms with Crippen LogP contribution in [0.4, 0.5) is 0 Å². The Morgan fingerprint density at radius 2 is 1.68 bits per heavy atom. The SMILES string of the molecule is CO[C@@H]1O[C@H](CO)[C@H](OC(=O)C(C)C)[C@H](OC(=O)C(C)C)[C@H]1N=[N+]=[N-]. The lowest BCUT2D eigenvalue weighted by Crippen LogP contribution is -2.61. The lowest BCUT2D eigenvalue weighted by atomic mass is 9.96. The first kappa shape index (κ1) is 21.2. The second kappa shape index (κ2) is 9.57. The Morgan fingerprint density at radius 1 is 1.16 bits per heavy atom. The van der Waals surface area contributed by atoms with Gasteiger partial charge >= 0.3 is 11.9 Å². The van der Waals surface area contributed by atoms with Crippen molar-refractivity contribution in [3.8, 4) is 0 Å². The highest BCUT2D eigenvalue weighted by Gasteiger charge is 2.50. The molecule has 1 rings (SSSR count). The number of hydrogen-bond acceptors (Lipinski definition) is 8. The van der Waals surface area contributed by atoms with Crippen molar-refractivity contribution in [2.45, 2.75) is 58.3 Å². The van der Waals surface area contributed by atoms with Gasteiger partial charge in [-0.05, 0) is 5.53 Å². The van der Waals surface area contributed by atoms with E-state index in [1.54, 1.807) is 27.7 Å². The molecule has 0 spiro atoms. The van der Waals surface area contributed by atoms with E-state index in [9.17, 15) is 14.7 Å². The minimum Gasteiger partial charge on any atom is -0.457 e. The van der Waals surface area contributed by atoms with Crippen molar-refractivity contribution in [2.24, 2.45) is 17.0 Å². The summed E-state index contributed by atoms with van der Waals surface area (Å²) in [7, 11) is 1.32. The van der Waals surface area contributed by atoms with Crippen LogP contribution in [0.2, 0.25) is 0 Å². The maximum absolute atomic E-state index is 12.1. The molecule has 142 valence electrons. The summed E-state index contributed by atoms with van der Waals surface area (Å²) in [6.45, 7) is 6.04. The van der Waals surface area contributed by atoms with Crippen LogP contribution in [0.5, 0.6) is 0 Å². The quantitative estimate of drug-likeness (QED) is 0.311. The van der Waals surface area contributed by atoms with Gasteiger partial charge in [-0.2, -0.15) is 0 Å². The van der Waals surface area contributed by atoms with Crippen molar-refractivity contribution in [3.63, 3.8) is 0 Å². The van der Waals surface area contributed by atoms with Crippen LogP contribution in [0, 0.1) is 11.8 Å². The number of nitrogens with zero attached hydrogens (tertiary/aromatic N) is 3. The monoisotopic (exact) mass is 359 g/mol. The van der Waals surface area contributed by atoms with Gasteiger partial charge in [0, 0.05) is 12.0 Å². The molecule has 0 bridgehead atoms. The second-order valence-corrected chi connectivity index (χ2v) is 6.27. The van der Waals surface area contributed by atoms with Crippen molar-refractivity contribution in [3.05, 3.63) is 10.4 Å². The van der Waals surface area contributed by atoms with Crippen LogP contribution in [0.15, 0.2) is 5.11 Å². The molecule has 1 N–H and O–H groups in total. The fourth-order valence-electron chi connectivity index (χ4n) is 2.23. The summed E-state index contributed by atoms with van der Waals surface area (Å²) in [4.78, 5) is 26.8. The summed E-state index contributed by atoms with van der Waals surface area (Å²) in [5.41, 5.74) is 8.82. The molecule has 0 amide bonds. The highest BCUT2D eigenvalue weighted by atomic mass is 16.7. The Hall–Kier alpha value is -1.87. The number of esters is 2. The third kappa shape index (κ3) is 5.30. The third-order valence-corrected chi connectivity index (χ3v) is 3.66. The number of carbonyl (C=O) groups is 2. The van der Waals surface area contributed by atoms with Crippen molar-refractivity contribution >= 4 is 11.9 Å². The molecule has 0 aromatic rings. The Labute approximate surface area is 146 Å². The molecule has 25 heavy (non-hydrogen) atoms. The molecule has 0 aromatic heterocycles. The zero-order chi connectivity index (χ0) is 19.1. The van der Waals surface area contributed by atoms with Gasteiger partial charge in [0.25, 0.3) is 0 Å². The summed E-state index contributed by atoms with van der Waals surface area (Å²) in [5.74, 6) is -2.03. The van der Waals surface area contributed by atoms with Crippen LogP contribution in [-0.4, -0.2) is 61.4 Å². The van der Waals surface area contributed by atoms with Crippen molar-refractivity contribution in [1.82, 2.24) is 0 Å². The molecule has 1 saturated heterocycles. The van der Waals surface area contributed by atoms with Gasteiger partial charge in [0.2, 0.25) is 0 Å². The number of rotatable bonds is 7. The van der Waals surface area contributed by atoms with Crippen LogP contribution >= 0.6 is 0 Å². The summed E-state index contributed by atoms with van der Waals surface area (Å²) < 4.78 is 21.4. The molecular formula is C15H25N3O7. The number of methoxy groups -OCH3 is 1. The third-order valence-electron chi connectivity index (χ3n) is 3.66. The Bertz CT molecular complexity index is 519. The number of azide groups is 1. The van der Waals surface area contributed by atoms with Crippen LogP contribution in [0.25, 0.3) is 10.4 Å². The zero-order valence-corrected chi connectivity index (χ0v) is 15.0. The van der Waals surface area contributed by atoms with Crippen molar-refractivity contribution in [2.75, 3.05) is 13.7 Å². The molecule has 0 saturated carbocycles. The fraction of sp³-hybridized carbons (Fsp3) is 0.867. The number of hydrogen-bond donors (Lipinski definition) is 1. The van der Waals surface area contributed by atoms with Gasteiger partial charge in [0.15, 0.2) is 18.5 Å². The minimum atomic E-state index is -1.15. The van der Waals surface area contributed by atoms with Gasteiger partial charge in [0.1, 0.15) is 12.1 Å². The van der Waals surface area contributed by atoms with Gasteiger partial charge in [-0.1, -0.05) is 32.8 Å². The smallest absolute Gasteiger partial charge is 0.308 e. The lowest BCUT2D eigenvalue weighted by Gasteiger charge is -2.43. The maximum Gasteiger partial charge on any atom is 0.308 e. The minimum absolute atomic E-state index is 0.446. The molecule has 10 heteroatoms. The van der Waals surface area contributed by atoms with Crippen LogP contribution in [0.1, 0.15) is 27.7 Å². The average Bonchev–Trinajstić information content (AvgIpc) is 2.57. The molecule has 10 nitrogen and oxygen atoms in total. The molecule has 1 aliphatic heterocycles. The van der Waals surface area contributed by atoms with Crippen LogP contribution < -0.4 is 0 Å². The summed E-state index contributed by atoms with van der Waals surface area (Å²) in [6, 6.07) is -1.08. The normalized spacial score (nSPS) is 29.2. The number of carbonyl (C=O) groups excluding carboxylic acids is 2. The van der Waals surface area contributed by atoms with E-state index in [0.29, 0.717) is 0 Å². The molecule has 0 aromatic carbocycles. The predicted octanol–water partition coefficient (Wildman–Crippen LogP) is 1.16. The highest BCUT2D eigenvalue weighted by Crippen LogP contribution is 2.30. The van der Waals surface area contributed by atoms with E-state index in [2.05, 4.69) is 10.0 Å². The molecular weight excluding hydrogens is 334 g/mol. The van der Waals surface area contributed by atoms with Crippen LogP contribution in [-0.2, 0) is 28.5 Å². The molecule has 0 radical (unpaired) electrons. The zero-order valence-electron chi connectivity index (χ0n) is 15.0. The summed E-state index contributed by atoms with van der Waals surface area (Å²) in [5, 5.41) is 13.2. The van der Waals surface area contributed by atoms with E-state index in [1.807, 2.05) is 0 Å². The van der Waals surface area contributed by atoms with Crippen molar-refractivity contribution in [1.29, 1.82) is 0 Å². The molecule has 5 atom stereocenters. The average molecular weight is 359 g/mol. The van der Waals surface area contributed by atoms with Gasteiger partial charge in [0.05, 0.1) is 18.4 Å². The molecule has 0 unspecified atom stereocenters. The number of aliphatic hydroxyl groups is 1. The molecule has 0 aliphatic carbocycles. The van der Waals surface area contributed by atoms with E-state index in [4.69, 9.17) is 24.5 Å². The van der Waals surface area contributed by atoms with Gasteiger partial charge < -0.3 is 24.1 Å². The first-order valence-corrected chi connectivity index (χ1v) is 8.01. The second-order valence-electron chi connectivity index (χ2n) is 6.27. The predicted molar refractivity (Wildman–Crippen MR) is 85.1 cm³/mol. The van der Waals surface area contributed by atoms with Gasteiger partial charge in [-0.3, -0.25) is 9.59 Å². The van der Waals surface area contributed by atoms with E-state index in [-0.39, 0.29) is 0 Å². The lowest BCUT2D eigenvalue weighted by molar-refractivity contribution is -0.268. The van der Waals surface area contributed by atoms with Gasteiger partial charge in [-0.25, -0.2) is 0 Å². The van der Waals surface area contributed by atoms with Crippen LogP contribution in [0.3, 0.4) is 0 Å². The summed E-state index contributed by atoms with van der Waals surface area (Å²) in [6.07, 6.45) is -4.34. The van der Waals surface area contributed by atoms with E-state index in [1.165, 1.54) is 7.11 Å². The fourth-order valence-corrected chi connectivity index (χ4v) is 2.23. The topological polar surface area (TPSA) is 140 Å². The first-order chi connectivity index (χ1) is 11.8. The van der Waals surface area contributed by atoms with Gasteiger partial charge in [-0.15, -0.1) is 0 Å². The Balaban J connectivity index is 3.24. The Kier molecular flexibility index (Phi) is 8.11. The Morgan fingerprint density at radius 3 is 2.08 bits per heavy atom. The number of aliphatic hydroxyl groups excluding tert-OH is 1. The molecule has 1 fully saturated rings. The van der Waals surface area contributed by atoms with E-state index >= 15 is 0 Å². The van der Waals surface area contributed by atoms with Crippen molar-refractivity contribution < 1.29 is 33.6 Å².